The summed E-state index contributed by atoms with van der Waals surface area (Å²) in [6, 6.07) is 0.521. The fourth-order valence-corrected chi connectivity index (χ4v) is 3.62. The minimum atomic E-state index is 0.384. The SMILES string of the molecule is CC(C)NCCCC(=O)N1CCC2CCCCC2C1. The fourth-order valence-electron chi connectivity index (χ4n) is 3.62. The lowest BCUT2D eigenvalue weighted by atomic mass is 9.75. The Bertz CT molecular complexity index is 290. The fraction of sp³-hybridized carbons (Fsp3) is 0.938. The van der Waals surface area contributed by atoms with Crippen LogP contribution < -0.4 is 5.32 Å². The molecule has 0 bridgehead atoms. The zero-order chi connectivity index (χ0) is 13.7. The number of carbonyl (C=O) groups excluding carboxylic acids is 1. The number of rotatable bonds is 5. The van der Waals surface area contributed by atoms with Crippen LogP contribution in [0.3, 0.4) is 0 Å². The van der Waals surface area contributed by atoms with Gasteiger partial charge in [-0.3, -0.25) is 4.79 Å². The largest absolute Gasteiger partial charge is 0.342 e. The van der Waals surface area contributed by atoms with Crippen LogP contribution >= 0.6 is 0 Å². The summed E-state index contributed by atoms with van der Waals surface area (Å²) in [4.78, 5) is 14.4. The Hall–Kier alpha value is -0.570. The van der Waals surface area contributed by atoms with E-state index in [4.69, 9.17) is 0 Å². The average molecular weight is 266 g/mol. The van der Waals surface area contributed by atoms with E-state index >= 15 is 0 Å². The summed E-state index contributed by atoms with van der Waals surface area (Å²) < 4.78 is 0. The molecule has 2 atom stereocenters. The van der Waals surface area contributed by atoms with E-state index in [1.54, 1.807) is 0 Å². The van der Waals surface area contributed by atoms with Gasteiger partial charge in [-0.05, 0) is 37.6 Å². The summed E-state index contributed by atoms with van der Waals surface area (Å²) in [5, 5.41) is 3.38. The van der Waals surface area contributed by atoms with Crippen molar-refractivity contribution in [1.82, 2.24) is 10.2 Å². The second-order valence-electron chi connectivity index (χ2n) is 6.65. The van der Waals surface area contributed by atoms with Crippen LogP contribution in [0.15, 0.2) is 0 Å². The van der Waals surface area contributed by atoms with E-state index in [0.717, 1.165) is 44.3 Å². The van der Waals surface area contributed by atoms with Crippen molar-refractivity contribution in [1.29, 1.82) is 0 Å². The molecule has 0 radical (unpaired) electrons. The minimum absolute atomic E-state index is 0.384. The predicted molar refractivity (Wildman–Crippen MR) is 79.0 cm³/mol. The summed E-state index contributed by atoms with van der Waals surface area (Å²) in [5.74, 6) is 2.11. The molecule has 0 aromatic heterocycles. The normalized spacial score (nSPS) is 27.4. The number of piperidine rings is 1. The van der Waals surface area contributed by atoms with E-state index in [0.29, 0.717) is 11.9 Å². The number of fused-ring (bicyclic) bond motifs is 1. The monoisotopic (exact) mass is 266 g/mol. The van der Waals surface area contributed by atoms with Crippen molar-refractivity contribution in [3.05, 3.63) is 0 Å². The van der Waals surface area contributed by atoms with Crippen molar-refractivity contribution in [2.24, 2.45) is 11.8 Å². The topological polar surface area (TPSA) is 32.3 Å². The molecule has 2 unspecified atom stereocenters. The number of hydrogen-bond donors (Lipinski definition) is 1. The maximum absolute atomic E-state index is 12.2. The lowest BCUT2D eigenvalue weighted by Crippen LogP contribution is -2.44. The van der Waals surface area contributed by atoms with Gasteiger partial charge in [-0.1, -0.05) is 33.1 Å². The molecule has 1 saturated heterocycles. The van der Waals surface area contributed by atoms with E-state index < -0.39 is 0 Å². The van der Waals surface area contributed by atoms with E-state index in [9.17, 15) is 4.79 Å². The molecule has 2 aliphatic rings. The molecule has 1 amide bonds. The molecule has 0 spiro atoms. The molecule has 1 heterocycles. The second kappa shape index (κ2) is 7.28. The summed E-state index contributed by atoms with van der Waals surface area (Å²) in [6.45, 7) is 7.31. The zero-order valence-corrected chi connectivity index (χ0v) is 12.7. The maximum Gasteiger partial charge on any atom is 0.222 e. The summed E-state index contributed by atoms with van der Waals surface area (Å²) >= 11 is 0. The van der Waals surface area contributed by atoms with Crippen LogP contribution in [0.5, 0.6) is 0 Å². The smallest absolute Gasteiger partial charge is 0.222 e. The van der Waals surface area contributed by atoms with Gasteiger partial charge in [0.15, 0.2) is 0 Å². The van der Waals surface area contributed by atoms with Crippen LogP contribution in [0.2, 0.25) is 0 Å². The number of nitrogens with one attached hydrogen (secondary N) is 1. The molecular formula is C16H30N2O. The first-order valence-corrected chi connectivity index (χ1v) is 8.18. The van der Waals surface area contributed by atoms with Gasteiger partial charge >= 0.3 is 0 Å². The van der Waals surface area contributed by atoms with Crippen LogP contribution in [0, 0.1) is 11.8 Å². The van der Waals surface area contributed by atoms with Crippen LogP contribution in [0.25, 0.3) is 0 Å². The van der Waals surface area contributed by atoms with Crippen molar-refractivity contribution < 1.29 is 4.79 Å². The van der Waals surface area contributed by atoms with Gasteiger partial charge in [0.2, 0.25) is 5.91 Å². The second-order valence-corrected chi connectivity index (χ2v) is 6.65. The van der Waals surface area contributed by atoms with Gasteiger partial charge in [0, 0.05) is 25.6 Å². The summed E-state index contributed by atoms with van der Waals surface area (Å²) in [5.41, 5.74) is 0. The van der Waals surface area contributed by atoms with Crippen LogP contribution in [0.4, 0.5) is 0 Å². The predicted octanol–water partition coefficient (Wildman–Crippen LogP) is 2.80. The van der Waals surface area contributed by atoms with E-state index in [1.165, 1.54) is 32.1 Å². The lowest BCUT2D eigenvalue weighted by Gasteiger charge is -2.41. The molecule has 3 heteroatoms. The highest BCUT2D eigenvalue weighted by atomic mass is 16.2. The Morgan fingerprint density at radius 3 is 2.68 bits per heavy atom. The minimum Gasteiger partial charge on any atom is -0.342 e. The van der Waals surface area contributed by atoms with Gasteiger partial charge in [0.1, 0.15) is 0 Å². The third kappa shape index (κ3) is 4.48. The Labute approximate surface area is 118 Å². The van der Waals surface area contributed by atoms with Crippen molar-refractivity contribution in [2.45, 2.75) is 64.8 Å². The Morgan fingerprint density at radius 2 is 1.95 bits per heavy atom. The Balaban J connectivity index is 1.68. The molecule has 110 valence electrons. The van der Waals surface area contributed by atoms with Crippen LogP contribution in [-0.2, 0) is 4.79 Å². The Morgan fingerprint density at radius 1 is 1.21 bits per heavy atom. The number of amides is 1. The molecule has 1 aliphatic heterocycles. The van der Waals surface area contributed by atoms with Gasteiger partial charge in [0.05, 0.1) is 0 Å². The van der Waals surface area contributed by atoms with Crippen molar-refractivity contribution in [3.63, 3.8) is 0 Å². The highest BCUT2D eigenvalue weighted by molar-refractivity contribution is 5.76. The quantitative estimate of drug-likeness (QED) is 0.776. The molecule has 2 rings (SSSR count). The highest BCUT2D eigenvalue weighted by Crippen LogP contribution is 2.36. The lowest BCUT2D eigenvalue weighted by molar-refractivity contribution is -0.134. The van der Waals surface area contributed by atoms with Gasteiger partial charge in [0.25, 0.3) is 0 Å². The zero-order valence-electron chi connectivity index (χ0n) is 12.7. The number of carbonyl (C=O) groups is 1. The average Bonchev–Trinajstić information content (AvgIpc) is 2.42. The Kier molecular flexibility index (Phi) is 5.68. The summed E-state index contributed by atoms with van der Waals surface area (Å²) in [7, 11) is 0. The van der Waals surface area contributed by atoms with Crippen LogP contribution in [-0.4, -0.2) is 36.5 Å². The number of likely N-dealkylation sites (tertiary alicyclic amines) is 1. The van der Waals surface area contributed by atoms with E-state index in [1.807, 2.05) is 0 Å². The van der Waals surface area contributed by atoms with E-state index in [-0.39, 0.29) is 0 Å². The first-order valence-electron chi connectivity index (χ1n) is 8.18. The molecule has 1 N–H and O–H groups in total. The van der Waals surface area contributed by atoms with Crippen molar-refractivity contribution >= 4 is 5.91 Å². The highest BCUT2D eigenvalue weighted by Gasteiger charge is 2.32. The number of nitrogens with zero attached hydrogens (tertiary/aromatic N) is 1. The first kappa shape index (κ1) is 14.8. The molecule has 0 aromatic rings. The summed E-state index contributed by atoms with van der Waals surface area (Å²) in [6.07, 6.45) is 8.49. The van der Waals surface area contributed by atoms with Gasteiger partial charge in [-0.2, -0.15) is 0 Å². The molecule has 1 aliphatic carbocycles. The van der Waals surface area contributed by atoms with Gasteiger partial charge < -0.3 is 10.2 Å². The standard InChI is InChI=1S/C16H30N2O/c1-13(2)17-10-5-8-16(19)18-11-9-14-6-3-4-7-15(14)12-18/h13-15,17H,3-12H2,1-2H3. The third-order valence-corrected chi connectivity index (χ3v) is 4.76. The molecular weight excluding hydrogens is 236 g/mol. The van der Waals surface area contributed by atoms with Crippen LogP contribution in [0.1, 0.15) is 58.8 Å². The number of hydrogen-bond acceptors (Lipinski definition) is 2. The van der Waals surface area contributed by atoms with Crippen molar-refractivity contribution in [2.75, 3.05) is 19.6 Å². The van der Waals surface area contributed by atoms with Gasteiger partial charge in [-0.15, -0.1) is 0 Å². The maximum atomic E-state index is 12.2. The molecule has 3 nitrogen and oxygen atoms in total. The van der Waals surface area contributed by atoms with Crippen molar-refractivity contribution in [3.8, 4) is 0 Å². The molecule has 0 aromatic carbocycles. The molecule has 2 fully saturated rings. The first-order chi connectivity index (χ1) is 9.16. The van der Waals surface area contributed by atoms with E-state index in [2.05, 4.69) is 24.1 Å². The van der Waals surface area contributed by atoms with Gasteiger partial charge in [-0.25, -0.2) is 0 Å². The third-order valence-electron chi connectivity index (χ3n) is 4.76. The molecule has 19 heavy (non-hydrogen) atoms. The molecule has 1 saturated carbocycles.